The highest BCUT2D eigenvalue weighted by molar-refractivity contribution is 5.92. The summed E-state index contributed by atoms with van der Waals surface area (Å²) >= 11 is 0. The number of ether oxygens (including phenoxy) is 2. The van der Waals surface area contributed by atoms with Crippen molar-refractivity contribution in [3.05, 3.63) is 95.6 Å². The van der Waals surface area contributed by atoms with Crippen molar-refractivity contribution in [3.8, 4) is 5.75 Å². The lowest BCUT2D eigenvalue weighted by Crippen LogP contribution is -2.35. The summed E-state index contributed by atoms with van der Waals surface area (Å²) in [6.45, 7) is 1.08. The molecule has 170 valence electrons. The zero-order valence-electron chi connectivity index (χ0n) is 18.9. The predicted molar refractivity (Wildman–Crippen MR) is 129 cm³/mol. The summed E-state index contributed by atoms with van der Waals surface area (Å²) in [4.78, 5) is 11.1. The minimum absolute atomic E-state index is 0.127. The van der Waals surface area contributed by atoms with Crippen LogP contribution < -0.4 is 4.74 Å². The molecule has 0 saturated carbocycles. The largest absolute Gasteiger partial charge is 0.497 e. The highest BCUT2D eigenvalue weighted by Gasteiger charge is 2.24. The molecular formula is C27H28FN3O2. The first-order valence-electron chi connectivity index (χ1n) is 11.0. The van der Waals surface area contributed by atoms with Gasteiger partial charge in [-0.05, 0) is 54.8 Å². The van der Waals surface area contributed by atoms with Gasteiger partial charge in [0.25, 0.3) is 0 Å². The van der Waals surface area contributed by atoms with Gasteiger partial charge in [-0.1, -0.05) is 24.3 Å². The third-order valence-electron chi connectivity index (χ3n) is 5.76. The van der Waals surface area contributed by atoms with Crippen LogP contribution in [0.25, 0.3) is 11.4 Å². The van der Waals surface area contributed by atoms with Crippen molar-refractivity contribution in [2.45, 2.75) is 25.5 Å². The standard InChI is InChI=1S/C27H28FN3O2/c1-31-24(19-33-18-20-8-10-25(32-2)11-9-20)7-4-14-30-26(22-5-3-6-23(28)17-22)27(31)21-12-15-29-16-13-21/h3,5-6,8-17,24H,4,7,18-19H2,1-2H3/b27-26-,30-14?/t24-/m0/s1. The molecule has 6 heteroatoms. The lowest BCUT2D eigenvalue weighted by atomic mass is 10.0. The number of likely N-dealkylation sites (N-methyl/N-ethyl adjacent to an activating group) is 1. The molecule has 33 heavy (non-hydrogen) atoms. The monoisotopic (exact) mass is 445 g/mol. The van der Waals surface area contributed by atoms with Gasteiger partial charge in [0.1, 0.15) is 11.6 Å². The normalized spacial score (nSPS) is 18.6. The maximum Gasteiger partial charge on any atom is 0.123 e. The van der Waals surface area contributed by atoms with Crippen molar-refractivity contribution in [2.75, 3.05) is 20.8 Å². The van der Waals surface area contributed by atoms with Gasteiger partial charge in [-0.15, -0.1) is 0 Å². The maximum absolute atomic E-state index is 14.1. The van der Waals surface area contributed by atoms with E-state index in [1.807, 2.05) is 48.7 Å². The second-order valence-corrected chi connectivity index (χ2v) is 7.96. The van der Waals surface area contributed by atoms with E-state index in [1.54, 1.807) is 25.6 Å². The molecule has 0 radical (unpaired) electrons. The fraction of sp³-hybridized carbons (Fsp3) is 0.259. The Labute approximate surface area is 194 Å². The van der Waals surface area contributed by atoms with Crippen molar-refractivity contribution < 1.29 is 13.9 Å². The van der Waals surface area contributed by atoms with E-state index in [0.29, 0.717) is 13.2 Å². The van der Waals surface area contributed by atoms with Gasteiger partial charge in [0.15, 0.2) is 0 Å². The SMILES string of the molecule is COc1ccc(COC[C@@H]2CCC=N/C(c3cccc(F)c3)=C(/c3ccncc3)N2C)cc1. The summed E-state index contributed by atoms with van der Waals surface area (Å²) in [5.74, 6) is 0.545. The van der Waals surface area contributed by atoms with Crippen LogP contribution >= 0.6 is 0 Å². The summed E-state index contributed by atoms with van der Waals surface area (Å²) in [6, 6.07) is 18.5. The van der Waals surface area contributed by atoms with E-state index in [2.05, 4.69) is 16.9 Å². The number of aliphatic imine (C=N–C) groups is 1. The Hall–Kier alpha value is -3.51. The summed E-state index contributed by atoms with van der Waals surface area (Å²) in [7, 11) is 3.71. The second kappa shape index (κ2) is 10.9. The molecule has 0 spiro atoms. The number of pyridine rings is 1. The quantitative estimate of drug-likeness (QED) is 0.486. The van der Waals surface area contributed by atoms with Crippen molar-refractivity contribution in [2.24, 2.45) is 4.99 Å². The van der Waals surface area contributed by atoms with Crippen LogP contribution in [0.5, 0.6) is 5.75 Å². The zero-order valence-corrected chi connectivity index (χ0v) is 18.9. The maximum atomic E-state index is 14.1. The van der Waals surface area contributed by atoms with Crippen LogP contribution in [-0.2, 0) is 11.3 Å². The third kappa shape index (κ3) is 5.65. The Balaban J connectivity index is 1.61. The van der Waals surface area contributed by atoms with E-state index in [9.17, 15) is 4.39 Å². The number of benzene rings is 2. The van der Waals surface area contributed by atoms with Crippen molar-refractivity contribution in [1.82, 2.24) is 9.88 Å². The van der Waals surface area contributed by atoms with Gasteiger partial charge in [-0.25, -0.2) is 4.39 Å². The molecule has 0 saturated heterocycles. The fourth-order valence-corrected chi connectivity index (χ4v) is 3.95. The number of hydrogen-bond acceptors (Lipinski definition) is 5. The second-order valence-electron chi connectivity index (χ2n) is 7.96. The molecule has 5 nitrogen and oxygen atoms in total. The van der Waals surface area contributed by atoms with Crippen molar-refractivity contribution >= 4 is 17.6 Å². The molecule has 1 aliphatic rings. The molecule has 3 aromatic rings. The number of hydrogen-bond donors (Lipinski definition) is 0. The van der Waals surface area contributed by atoms with Crippen LogP contribution in [0.2, 0.25) is 0 Å². The minimum Gasteiger partial charge on any atom is -0.497 e. The van der Waals surface area contributed by atoms with E-state index in [1.165, 1.54) is 12.1 Å². The van der Waals surface area contributed by atoms with Gasteiger partial charge < -0.3 is 14.4 Å². The van der Waals surface area contributed by atoms with Crippen LogP contribution in [0.1, 0.15) is 29.5 Å². The van der Waals surface area contributed by atoms with E-state index in [-0.39, 0.29) is 11.9 Å². The molecule has 2 aromatic carbocycles. The van der Waals surface area contributed by atoms with Crippen LogP contribution in [0, 0.1) is 5.82 Å². The third-order valence-corrected chi connectivity index (χ3v) is 5.76. The number of halogens is 1. The number of nitrogens with zero attached hydrogens (tertiary/aromatic N) is 3. The predicted octanol–water partition coefficient (Wildman–Crippen LogP) is 5.44. The smallest absolute Gasteiger partial charge is 0.123 e. The molecule has 2 heterocycles. The Bertz CT molecular complexity index is 1110. The average Bonchev–Trinajstić information content (AvgIpc) is 2.84. The van der Waals surface area contributed by atoms with Crippen LogP contribution in [-0.4, -0.2) is 42.9 Å². The highest BCUT2D eigenvalue weighted by atomic mass is 19.1. The average molecular weight is 446 g/mol. The molecular weight excluding hydrogens is 417 g/mol. The summed E-state index contributed by atoms with van der Waals surface area (Å²) in [5.41, 5.74) is 4.48. The van der Waals surface area contributed by atoms with Gasteiger partial charge in [-0.2, -0.15) is 0 Å². The lowest BCUT2D eigenvalue weighted by Gasteiger charge is -2.34. The van der Waals surface area contributed by atoms with Gasteiger partial charge in [0, 0.05) is 36.8 Å². The first kappa shape index (κ1) is 22.7. The molecule has 0 fully saturated rings. The van der Waals surface area contributed by atoms with Crippen LogP contribution in [0.3, 0.4) is 0 Å². The molecule has 0 N–H and O–H groups in total. The van der Waals surface area contributed by atoms with Gasteiger partial charge >= 0.3 is 0 Å². The number of methoxy groups -OCH3 is 1. The van der Waals surface area contributed by atoms with E-state index in [0.717, 1.165) is 46.7 Å². The Morgan fingerprint density at radius 3 is 2.55 bits per heavy atom. The summed E-state index contributed by atoms with van der Waals surface area (Å²) < 4.78 is 25.4. The van der Waals surface area contributed by atoms with E-state index < -0.39 is 0 Å². The van der Waals surface area contributed by atoms with Crippen molar-refractivity contribution in [1.29, 1.82) is 0 Å². The minimum atomic E-state index is -0.284. The topological polar surface area (TPSA) is 47.0 Å². The van der Waals surface area contributed by atoms with E-state index >= 15 is 0 Å². The first-order valence-corrected chi connectivity index (χ1v) is 11.0. The van der Waals surface area contributed by atoms with E-state index in [4.69, 9.17) is 14.5 Å². The Morgan fingerprint density at radius 2 is 1.82 bits per heavy atom. The first-order chi connectivity index (χ1) is 16.2. The molecule has 0 aliphatic carbocycles. The molecule has 1 aliphatic heterocycles. The highest BCUT2D eigenvalue weighted by Crippen LogP contribution is 2.33. The number of rotatable bonds is 7. The summed E-state index contributed by atoms with van der Waals surface area (Å²) in [6.07, 6.45) is 7.15. The van der Waals surface area contributed by atoms with Crippen molar-refractivity contribution in [3.63, 3.8) is 0 Å². The summed E-state index contributed by atoms with van der Waals surface area (Å²) in [5, 5.41) is 0. The molecule has 1 atom stereocenters. The lowest BCUT2D eigenvalue weighted by molar-refractivity contribution is 0.0748. The Kier molecular flexibility index (Phi) is 7.47. The van der Waals surface area contributed by atoms with Crippen LogP contribution in [0.4, 0.5) is 4.39 Å². The van der Waals surface area contributed by atoms with Gasteiger partial charge in [-0.3, -0.25) is 9.98 Å². The molecule has 0 amide bonds. The fourth-order valence-electron chi connectivity index (χ4n) is 3.95. The Morgan fingerprint density at radius 1 is 1.03 bits per heavy atom. The molecule has 0 unspecified atom stereocenters. The van der Waals surface area contributed by atoms with Gasteiger partial charge in [0.05, 0.1) is 37.8 Å². The zero-order chi connectivity index (χ0) is 23.0. The van der Waals surface area contributed by atoms with Gasteiger partial charge in [0.2, 0.25) is 0 Å². The number of aromatic nitrogens is 1. The molecule has 4 rings (SSSR count). The molecule has 1 aromatic heterocycles. The molecule has 0 bridgehead atoms. The van der Waals surface area contributed by atoms with Crippen LogP contribution in [0.15, 0.2) is 78.0 Å².